The molecule has 0 aliphatic rings. The van der Waals surface area contributed by atoms with E-state index in [9.17, 15) is 0 Å². The van der Waals surface area contributed by atoms with Crippen LogP contribution in [0.3, 0.4) is 0 Å². The third-order valence-electron chi connectivity index (χ3n) is 2.98. The fraction of sp³-hybridized carbons (Fsp3) is 0.214. The third kappa shape index (κ3) is 3.40. The van der Waals surface area contributed by atoms with Crippen LogP contribution in [0.5, 0.6) is 0 Å². The number of hydrogen-bond donors (Lipinski definition) is 2. The topological polar surface area (TPSA) is 66.5 Å². The van der Waals surface area contributed by atoms with Crippen molar-refractivity contribution in [1.29, 1.82) is 0 Å². The van der Waals surface area contributed by atoms with Gasteiger partial charge in [-0.2, -0.15) is 5.10 Å². The number of anilines is 1. The highest BCUT2D eigenvalue weighted by molar-refractivity contribution is 7.15. The maximum Gasteiger partial charge on any atom is 0.183 e. The minimum absolute atomic E-state index is 0.563. The molecular weight excluding hydrogens is 306 g/mol. The molecule has 1 aromatic carbocycles. The van der Waals surface area contributed by atoms with Crippen molar-refractivity contribution in [1.82, 2.24) is 20.2 Å². The highest BCUT2D eigenvalue weighted by Gasteiger charge is 2.06. The Bertz CT molecular complexity index is 736. The van der Waals surface area contributed by atoms with E-state index in [1.807, 2.05) is 31.2 Å². The maximum absolute atomic E-state index is 5.82. The fourth-order valence-corrected chi connectivity index (χ4v) is 2.82. The predicted octanol–water partition coefficient (Wildman–Crippen LogP) is 3.76. The summed E-state index contributed by atoms with van der Waals surface area (Å²) in [5.74, 6) is 1.61. The lowest BCUT2D eigenvalue weighted by Crippen LogP contribution is -1.97. The van der Waals surface area contributed by atoms with Crippen LogP contribution in [0.25, 0.3) is 11.4 Å². The number of hydrogen-bond acceptors (Lipinski definition) is 5. The van der Waals surface area contributed by atoms with Crippen molar-refractivity contribution in [2.75, 3.05) is 5.32 Å². The van der Waals surface area contributed by atoms with Crippen LogP contribution >= 0.6 is 22.9 Å². The maximum atomic E-state index is 5.82. The number of rotatable bonds is 5. The van der Waals surface area contributed by atoms with Gasteiger partial charge in [0, 0.05) is 28.7 Å². The second kappa shape index (κ2) is 6.24. The number of nitrogens with zero attached hydrogens (tertiary/aromatic N) is 3. The molecule has 0 fully saturated rings. The van der Waals surface area contributed by atoms with Gasteiger partial charge in [0.15, 0.2) is 10.3 Å². The van der Waals surface area contributed by atoms with Gasteiger partial charge in [-0.25, -0.2) is 9.97 Å². The average molecular weight is 320 g/mol. The number of nitrogens with one attached hydrogen (secondary N) is 2. The van der Waals surface area contributed by atoms with E-state index >= 15 is 0 Å². The van der Waals surface area contributed by atoms with Gasteiger partial charge in [0.2, 0.25) is 0 Å². The molecule has 7 heteroatoms. The van der Waals surface area contributed by atoms with Crippen molar-refractivity contribution < 1.29 is 0 Å². The van der Waals surface area contributed by atoms with Crippen molar-refractivity contribution in [2.24, 2.45) is 0 Å². The Morgan fingerprint density at radius 1 is 1.38 bits per heavy atom. The molecule has 0 saturated carbocycles. The van der Waals surface area contributed by atoms with Crippen molar-refractivity contribution in [2.45, 2.75) is 19.9 Å². The minimum atomic E-state index is 0.563. The lowest BCUT2D eigenvalue weighted by atomic mass is 10.2. The van der Waals surface area contributed by atoms with Crippen molar-refractivity contribution in [3.8, 4) is 11.4 Å². The molecule has 21 heavy (non-hydrogen) atoms. The monoisotopic (exact) mass is 319 g/mol. The molecule has 3 rings (SSSR count). The lowest BCUT2D eigenvalue weighted by Gasteiger charge is -2.05. The van der Waals surface area contributed by atoms with Crippen molar-refractivity contribution >= 4 is 28.6 Å². The Morgan fingerprint density at radius 2 is 2.29 bits per heavy atom. The average Bonchev–Trinajstić information content (AvgIpc) is 3.14. The molecule has 0 radical (unpaired) electrons. The summed E-state index contributed by atoms with van der Waals surface area (Å²) in [6, 6.07) is 8.03. The van der Waals surface area contributed by atoms with E-state index < -0.39 is 0 Å². The summed E-state index contributed by atoms with van der Waals surface area (Å²) in [6.07, 6.45) is 2.63. The number of thiazole rings is 1. The number of aromatic amines is 1. The lowest BCUT2D eigenvalue weighted by molar-refractivity contribution is 0.946. The summed E-state index contributed by atoms with van der Waals surface area (Å²) in [4.78, 5) is 9.56. The van der Waals surface area contributed by atoms with E-state index in [0.29, 0.717) is 11.0 Å². The summed E-state index contributed by atoms with van der Waals surface area (Å²) in [7, 11) is 0. The molecule has 0 aliphatic heterocycles. The highest BCUT2D eigenvalue weighted by atomic mass is 35.5. The summed E-state index contributed by atoms with van der Waals surface area (Å²) < 4.78 is 0.563. The molecule has 0 bridgehead atoms. The van der Waals surface area contributed by atoms with Gasteiger partial charge in [-0.1, -0.05) is 30.7 Å². The van der Waals surface area contributed by atoms with Crippen LogP contribution in [0.1, 0.15) is 17.6 Å². The molecule has 0 atom stereocenters. The van der Waals surface area contributed by atoms with E-state index in [2.05, 4.69) is 25.5 Å². The Hall–Kier alpha value is -1.92. The first-order valence-corrected chi connectivity index (χ1v) is 7.80. The van der Waals surface area contributed by atoms with Gasteiger partial charge in [-0.3, -0.25) is 5.10 Å². The van der Waals surface area contributed by atoms with Gasteiger partial charge in [-0.15, -0.1) is 11.3 Å². The second-order valence-corrected chi connectivity index (χ2v) is 6.17. The molecule has 0 spiro atoms. The number of aromatic nitrogens is 4. The summed E-state index contributed by atoms with van der Waals surface area (Å²) in [5, 5.41) is 10.5. The zero-order valence-electron chi connectivity index (χ0n) is 11.4. The second-order valence-electron chi connectivity index (χ2n) is 4.47. The SMILES string of the molecule is CCc1nc(-c2cccc(NCc3cnc(Cl)s3)c2)n[nH]1. The normalized spacial score (nSPS) is 10.8. The van der Waals surface area contributed by atoms with E-state index in [0.717, 1.165) is 34.2 Å². The Morgan fingerprint density at radius 3 is 3.00 bits per heavy atom. The van der Waals surface area contributed by atoms with Crippen LogP contribution in [0.4, 0.5) is 5.69 Å². The van der Waals surface area contributed by atoms with Gasteiger partial charge in [0.25, 0.3) is 0 Å². The fourth-order valence-electron chi connectivity index (χ4n) is 1.91. The quantitative estimate of drug-likeness (QED) is 0.751. The van der Waals surface area contributed by atoms with Crippen LogP contribution in [0, 0.1) is 0 Å². The summed E-state index contributed by atoms with van der Waals surface area (Å²) in [6.45, 7) is 2.74. The van der Waals surface area contributed by atoms with Crippen molar-refractivity contribution in [3.05, 3.63) is 45.6 Å². The zero-order chi connectivity index (χ0) is 14.7. The largest absolute Gasteiger partial charge is 0.380 e. The first-order valence-electron chi connectivity index (χ1n) is 6.60. The van der Waals surface area contributed by atoms with Gasteiger partial charge < -0.3 is 5.32 Å². The molecular formula is C14H14ClN5S. The van der Waals surface area contributed by atoms with Crippen LogP contribution in [0.15, 0.2) is 30.5 Å². The van der Waals surface area contributed by atoms with Gasteiger partial charge in [0.1, 0.15) is 5.82 Å². The van der Waals surface area contributed by atoms with Crippen LogP contribution in [-0.4, -0.2) is 20.2 Å². The molecule has 108 valence electrons. The van der Waals surface area contributed by atoms with Crippen LogP contribution in [-0.2, 0) is 13.0 Å². The number of halogens is 1. The first kappa shape index (κ1) is 14.0. The summed E-state index contributed by atoms with van der Waals surface area (Å²) in [5.41, 5.74) is 2.00. The first-order chi connectivity index (χ1) is 10.2. The predicted molar refractivity (Wildman–Crippen MR) is 85.6 cm³/mol. The number of H-pyrrole nitrogens is 1. The third-order valence-corrected chi connectivity index (χ3v) is 4.09. The van der Waals surface area contributed by atoms with E-state index in [1.54, 1.807) is 6.20 Å². The van der Waals surface area contributed by atoms with Crippen LogP contribution in [0.2, 0.25) is 4.47 Å². The van der Waals surface area contributed by atoms with Gasteiger partial charge in [0.05, 0.1) is 6.54 Å². The molecule has 0 saturated heterocycles. The Kier molecular flexibility index (Phi) is 4.17. The molecule has 0 aliphatic carbocycles. The van der Waals surface area contributed by atoms with Crippen molar-refractivity contribution in [3.63, 3.8) is 0 Å². The summed E-state index contributed by atoms with van der Waals surface area (Å²) >= 11 is 7.30. The zero-order valence-corrected chi connectivity index (χ0v) is 13.0. The smallest absolute Gasteiger partial charge is 0.183 e. The number of benzene rings is 1. The minimum Gasteiger partial charge on any atom is -0.380 e. The van der Waals surface area contributed by atoms with Gasteiger partial charge in [-0.05, 0) is 12.1 Å². The van der Waals surface area contributed by atoms with Gasteiger partial charge >= 0.3 is 0 Å². The van der Waals surface area contributed by atoms with E-state index in [-0.39, 0.29) is 0 Å². The molecule has 5 nitrogen and oxygen atoms in total. The molecule has 2 heterocycles. The molecule has 0 amide bonds. The molecule has 2 aromatic heterocycles. The Balaban J connectivity index is 1.73. The van der Waals surface area contributed by atoms with E-state index in [4.69, 9.17) is 11.6 Å². The molecule has 0 unspecified atom stereocenters. The Labute approximate surface area is 131 Å². The van der Waals surface area contributed by atoms with E-state index in [1.165, 1.54) is 11.3 Å². The molecule has 3 aromatic rings. The highest BCUT2D eigenvalue weighted by Crippen LogP contribution is 2.22. The van der Waals surface area contributed by atoms with Crippen LogP contribution < -0.4 is 5.32 Å². The standard InChI is InChI=1S/C14H14ClN5S/c1-2-12-18-13(20-19-12)9-4-3-5-10(6-9)16-7-11-8-17-14(15)21-11/h3-6,8,16H,2,7H2,1H3,(H,18,19,20). The molecule has 2 N–H and O–H groups in total. The number of aryl methyl sites for hydroxylation is 1.